The van der Waals surface area contributed by atoms with Crippen LogP contribution in [-0.2, 0) is 4.65 Å². The molecule has 0 fully saturated rings. The van der Waals surface area contributed by atoms with Gasteiger partial charge in [-0.05, 0) is 13.0 Å². The second kappa shape index (κ2) is 16.0. The molecule has 0 aliphatic carbocycles. The van der Waals surface area contributed by atoms with Gasteiger partial charge < -0.3 is 14.7 Å². The normalized spacial score (nSPS) is 10.9. The molecule has 4 nitrogen and oxygen atoms in total. The van der Waals surface area contributed by atoms with Crippen molar-refractivity contribution in [2.45, 2.75) is 77.6 Å². The molecule has 0 radical (unpaired) electrons. The first-order valence-corrected chi connectivity index (χ1v) is 7.95. The Bertz CT molecular complexity index is 171. The lowest BCUT2D eigenvalue weighted by Crippen LogP contribution is -2.26. The highest BCUT2D eigenvalue weighted by molar-refractivity contribution is 6.32. The number of hydrogen-bond acceptors (Lipinski definition) is 4. The smallest absolute Gasteiger partial charge is 0.402 e. The Hall–Kier alpha value is -0.0951. The predicted octanol–water partition coefficient (Wildman–Crippen LogP) is 2.83. The lowest BCUT2D eigenvalue weighted by molar-refractivity contribution is 0.171. The summed E-state index contributed by atoms with van der Waals surface area (Å²) in [7, 11) is -1.66. The third-order valence-corrected chi connectivity index (χ3v) is 3.29. The summed E-state index contributed by atoms with van der Waals surface area (Å²) in [5.41, 5.74) is 0. The van der Waals surface area contributed by atoms with Crippen LogP contribution in [0.2, 0.25) is 0 Å². The van der Waals surface area contributed by atoms with Crippen molar-refractivity contribution in [1.29, 1.82) is 0 Å². The molecular weight excluding hydrogens is 241 g/mol. The predicted molar refractivity (Wildman–Crippen MR) is 80.6 cm³/mol. The van der Waals surface area contributed by atoms with Gasteiger partial charge in [-0.15, -0.1) is 0 Å². The van der Waals surface area contributed by atoms with Crippen LogP contribution in [0, 0.1) is 0 Å². The largest absolute Gasteiger partial charge is 0.634 e. The second-order valence-corrected chi connectivity index (χ2v) is 5.17. The van der Waals surface area contributed by atoms with Crippen molar-refractivity contribution in [2.75, 3.05) is 13.3 Å². The van der Waals surface area contributed by atoms with E-state index < -0.39 is 7.32 Å². The van der Waals surface area contributed by atoms with Gasteiger partial charge in [0.05, 0.1) is 6.73 Å². The second-order valence-electron chi connectivity index (χ2n) is 5.17. The fourth-order valence-electron chi connectivity index (χ4n) is 2.12. The quantitative estimate of drug-likeness (QED) is 0.244. The lowest BCUT2D eigenvalue weighted by Gasteiger charge is -2.05. The highest BCUT2D eigenvalue weighted by Gasteiger charge is 2.05. The van der Waals surface area contributed by atoms with E-state index in [1.807, 2.05) is 0 Å². The molecule has 114 valence electrons. The van der Waals surface area contributed by atoms with Crippen molar-refractivity contribution >= 4 is 7.32 Å². The summed E-state index contributed by atoms with van der Waals surface area (Å²) in [6.45, 7) is 3.34. The van der Waals surface area contributed by atoms with Crippen LogP contribution in [0.1, 0.15) is 77.6 Å². The minimum atomic E-state index is -1.66. The average molecular weight is 273 g/mol. The molecule has 0 aliphatic rings. The molecule has 5 heteroatoms. The Morgan fingerprint density at radius 1 is 0.789 bits per heavy atom. The van der Waals surface area contributed by atoms with Gasteiger partial charge in [0.2, 0.25) is 0 Å². The molecular formula is C14H32BNO3. The molecule has 0 heterocycles. The highest BCUT2D eigenvalue weighted by Crippen LogP contribution is 2.10. The van der Waals surface area contributed by atoms with Gasteiger partial charge in [-0.25, -0.2) is 0 Å². The van der Waals surface area contributed by atoms with Gasteiger partial charge in [0, 0.05) is 0 Å². The van der Waals surface area contributed by atoms with Gasteiger partial charge in [0.15, 0.2) is 0 Å². The third kappa shape index (κ3) is 17.9. The number of rotatable bonds is 15. The highest BCUT2D eigenvalue weighted by atomic mass is 16.6. The van der Waals surface area contributed by atoms with Crippen molar-refractivity contribution in [3.05, 3.63) is 0 Å². The van der Waals surface area contributed by atoms with Gasteiger partial charge >= 0.3 is 7.32 Å². The summed E-state index contributed by atoms with van der Waals surface area (Å²) >= 11 is 0. The van der Waals surface area contributed by atoms with Crippen LogP contribution in [0.4, 0.5) is 0 Å². The maximum absolute atomic E-state index is 8.44. The van der Waals surface area contributed by atoms with Crippen molar-refractivity contribution in [3.8, 4) is 0 Å². The summed E-state index contributed by atoms with van der Waals surface area (Å²) in [5.74, 6) is 0. The van der Waals surface area contributed by atoms with E-state index in [0.29, 0.717) is 0 Å². The zero-order chi connectivity index (χ0) is 14.2. The summed E-state index contributed by atoms with van der Waals surface area (Å²) in [4.78, 5) is 0. The lowest BCUT2D eigenvalue weighted by atomic mass is 10.1. The number of unbranched alkanes of at least 4 members (excludes halogenated alkanes) is 10. The van der Waals surface area contributed by atoms with E-state index in [1.165, 1.54) is 64.2 Å². The van der Waals surface area contributed by atoms with E-state index in [-0.39, 0.29) is 6.73 Å². The molecule has 0 aromatic carbocycles. The minimum Gasteiger partial charge on any atom is -0.402 e. The van der Waals surface area contributed by atoms with Crippen molar-refractivity contribution in [2.24, 2.45) is 0 Å². The Morgan fingerprint density at radius 3 is 1.74 bits per heavy atom. The fraction of sp³-hybridized carbons (Fsp3) is 1.00. The van der Waals surface area contributed by atoms with Gasteiger partial charge in [0.25, 0.3) is 0 Å². The zero-order valence-electron chi connectivity index (χ0n) is 12.6. The van der Waals surface area contributed by atoms with E-state index in [9.17, 15) is 0 Å². The standard InChI is InChI=1S/C14H32BNO3/c1-2-3-4-5-6-7-8-9-10-11-12-13-16-14-19-15(17)18/h16-18H,2-14H2,1H3. The molecule has 0 unspecified atom stereocenters. The molecule has 0 amide bonds. The molecule has 0 bridgehead atoms. The van der Waals surface area contributed by atoms with E-state index in [2.05, 4.69) is 16.9 Å². The third-order valence-electron chi connectivity index (χ3n) is 3.29. The first-order chi connectivity index (χ1) is 9.27. The molecule has 0 saturated heterocycles. The van der Waals surface area contributed by atoms with Gasteiger partial charge in [0.1, 0.15) is 0 Å². The molecule has 0 saturated carbocycles. The van der Waals surface area contributed by atoms with Gasteiger partial charge in [-0.3, -0.25) is 5.32 Å². The first-order valence-electron chi connectivity index (χ1n) is 7.95. The van der Waals surface area contributed by atoms with Crippen LogP contribution < -0.4 is 5.32 Å². The van der Waals surface area contributed by atoms with Crippen molar-refractivity contribution in [3.63, 3.8) is 0 Å². The fourth-order valence-corrected chi connectivity index (χ4v) is 2.12. The Morgan fingerprint density at radius 2 is 1.26 bits per heavy atom. The summed E-state index contributed by atoms with van der Waals surface area (Å²) in [5, 5.41) is 19.9. The minimum absolute atomic E-state index is 0.204. The van der Waals surface area contributed by atoms with E-state index in [1.54, 1.807) is 0 Å². The monoisotopic (exact) mass is 273 g/mol. The molecule has 19 heavy (non-hydrogen) atoms. The topological polar surface area (TPSA) is 61.7 Å². The van der Waals surface area contributed by atoms with Crippen LogP contribution in [0.25, 0.3) is 0 Å². The zero-order valence-corrected chi connectivity index (χ0v) is 12.6. The van der Waals surface area contributed by atoms with Crippen LogP contribution >= 0.6 is 0 Å². The van der Waals surface area contributed by atoms with Crippen LogP contribution in [0.5, 0.6) is 0 Å². The SMILES string of the molecule is CCCCCCCCCCCCCNCOB(O)O. The van der Waals surface area contributed by atoms with E-state index in [4.69, 9.17) is 10.0 Å². The molecule has 0 rings (SSSR count). The van der Waals surface area contributed by atoms with Crippen molar-refractivity contribution < 1.29 is 14.7 Å². The van der Waals surface area contributed by atoms with Gasteiger partial charge in [-0.2, -0.15) is 0 Å². The number of nitrogens with one attached hydrogen (secondary N) is 1. The Balaban J connectivity index is 2.91. The molecule has 0 atom stereocenters. The summed E-state index contributed by atoms with van der Waals surface area (Å²) in [6.07, 6.45) is 14.7. The molecule has 0 aromatic rings. The maximum atomic E-state index is 8.44. The Labute approximate surface area is 119 Å². The Kier molecular flexibility index (Phi) is 15.9. The van der Waals surface area contributed by atoms with Crippen molar-refractivity contribution in [1.82, 2.24) is 5.32 Å². The molecule has 0 aliphatic heterocycles. The van der Waals surface area contributed by atoms with Gasteiger partial charge in [-0.1, -0.05) is 71.1 Å². The summed E-state index contributed by atoms with van der Waals surface area (Å²) < 4.78 is 4.54. The van der Waals surface area contributed by atoms with Crippen LogP contribution in [-0.4, -0.2) is 30.6 Å². The maximum Gasteiger partial charge on any atom is 0.634 e. The summed E-state index contributed by atoms with van der Waals surface area (Å²) in [6, 6.07) is 0. The molecule has 3 N–H and O–H groups in total. The average Bonchev–Trinajstić information content (AvgIpc) is 2.39. The van der Waals surface area contributed by atoms with Crippen LogP contribution in [0.15, 0.2) is 0 Å². The number of hydrogen-bond donors (Lipinski definition) is 3. The van der Waals surface area contributed by atoms with E-state index >= 15 is 0 Å². The molecule has 0 spiro atoms. The van der Waals surface area contributed by atoms with Crippen LogP contribution in [0.3, 0.4) is 0 Å². The first kappa shape index (κ1) is 18.9. The van der Waals surface area contributed by atoms with E-state index in [0.717, 1.165) is 13.0 Å². The molecule has 0 aromatic heterocycles.